The van der Waals surface area contributed by atoms with Gasteiger partial charge in [-0.15, -0.1) is 5.10 Å². The number of nitrogens with one attached hydrogen (secondary N) is 1. The molecule has 3 aromatic rings. The number of methoxy groups -OCH3 is 1. The number of hydrogen-bond acceptors (Lipinski definition) is 8. The number of nitrogens with zero attached hydrogens (tertiary/aromatic N) is 6. The number of anilines is 1. The third-order valence-corrected chi connectivity index (χ3v) is 3.54. The summed E-state index contributed by atoms with van der Waals surface area (Å²) in [5.41, 5.74) is 1.40. The molecule has 1 N–H and O–H groups in total. The summed E-state index contributed by atoms with van der Waals surface area (Å²) in [6.07, 6.45) is 3.07. The predicted molar refractivity (Wildman–Crippen MR) is 88.5 cm³/mol. The van der Waals surface area contributed by atoms with E-state index in [1.165, 1.54) is 25.4 Å². The van der Waals surface area contributed by atoms with Crippen LogP contribution in [0, 0.1) is 0 Å². The van der Waals surface area contributed by atoms with Gasteiger partial charge in [-0.25, -0.2) is 14.5 Å². The fraction of sp³-hybridized carbons (Fsp3) is 0.200. The van der Waals surface area contributed by atoms with Crippen LogP contribution in [0.3, 0.4) is 0 Å². The first-order valence-electron chi connectivity index (χ1n) is 7.27. The second-order valence-corrected chi connectivity index (χ2v) is 5.04. The number of carbonyl (C=O) groups is 1. The second-order valence-electron chi connectivity index (χ2n) is 5.04. The molecule has 0 aromatic carbocycles. The number of aromatic nitrogens is 6. The Labute approximate surface area is 142 Å². The Morgan fingerprint density at radius 2 is 2.08 bits per heavy atom. The molecule has 0 amide bonds. The Hall–Kier alpha value is -3.56. The number of hydrogen-bond donors (Lipinski definition) is 1. The highest BCUT2D eigenvalue weighted by atomic mass is 16.5. The summed E-state index contributed by atoms with van der Waals surface area (Å²) in [7, 11) is 4.73. The minimum Gasteiger partial charge on any atom is -0.464 e. The van der Waals surface area contributed by atoms with Gasteiger partial charge in [0.05, 0.1) is 30.9 Å². The number of aryl methyl sites for hydroxylation is 1. The van der Waals surface area contributed by atoms with E-state index in [-0.39, 0.29) is 5.69 Å². The van der Waals surface area contributed by atoms with E-state index < -0.39 is 11.5 Å². The lowest BCUT2D eigenvalue weighted by Gasteiger charge is -2.11. The van der Waals surface area contributed by atoms with Gasteiger partial charge in [0.1, 0.15) is 5.82 Å². The molecular weight excluding hydrogens is 326 g/mol. The molecular formula is C15H15N7O3. The fourth-order valence-electron chi connectivity index (χ4n) is 2.31. The van der Waals surface area contributed by atoms with Gasteiger partial charge in [-0.3, -0.25) is 4.79 Å². The van der Waals surface area contributed by atoms with E-state index in [4.69, 9.17) is 0 Å². The smallest absolute Gasteiger partial charge is 0.358 e. The molecule has 0 aliphatic heterocycles. The molecule has 128 valence electrons. The number of carbonyl (C=O) groups excluding carboxylic acids is 1. The van der Waals surface area contributed by atoms with Gasteiger partial charge in [0, 0.05) is 25.7 Å². The van der Waals surface area contributed by atoms with Crippen LogP contribution in [0.1, 0.15) is 10.5 Å². The van der Waals surface area contributed by atoms with Gasteiger partial charge >= 0.3 is 5.97 Å². The Bertz CT molecular complexity index is 993. The second kappa shape index (κ2) is 6.51. The molecule has 3 rings (SSSR count). The van der Waals surface area contributed by atoms with Crippen molar-refractivity contribution in [1.29, 1.82) is 0 Å². The van der Waals surface area contributed by atoms with Crippen LogP contribution < -0.4 is 10.9 Å². The first kappa shape index (κ1) is 16.3. The average Bonchev–Trinajstić information content (AvgIpc) is 3.06. The third kappa shape index (κ3) is 2.96. The van der Waals surface area contributed by atoms with Crippen molar-refractivity contribution in [1.82, 2.24) is 29.8 Å². The Morgan fingerprint density at radius 3 is 2.72 bits per heavy atom. The van der Waals surface area contributed by atoms with Crippen molar-refractivity contribution in [2.45, 2.75) is 0 Å². The van der Waals surface area contributed by atoms with E-state index in [2.05, 4.69) is 30.4 Å². The number of esters is 1. The molecule has 10 nitrogen and oxygen atoms in total. The van der Waals surface area contributed by atoms with Gasteiger partial charge in [0.25, 0.3) is 5.56 Å². The van der Waals surface area contributed by atoms with Gasteiger partial charge < -0.3 is 10.1 Å². The Kier molecular flexibility index (Phi) is 4.25. The molecule has 0 saturated carbocycles. The molecule has 0 spiro atoms. The zero-order valence-corrected chi connectivity index (χ0v) is 13.8. The molecule has 0 unspecified atom stereocenters. The van der Waals surface area contributed by atoms with Crippen LogP contribution in [0.5, 0.6) is 0 Å². The van der Waals surface area contributed by atoms with Crippen molar-refractivity contribution in [3.8, 4) is 16.9 Å². The molecule has 0 radical (unpaired) electrons. The van der Waals surface area contributed by atoms with E-state index in [1.54, 1.807) is 31.0 Å². The molecule has 0 saturated heterocycles. The van der Waals surface area contributed by atoms with Crippen LogP contribution in [-0.2, 0) is 11.8 Å². The van der Waals surface area contributed by atoms with Crippen molar-refractivity contribution >= 4 is 11.8 Å². The van der Waals surface area contributed by atoms with Crippen molar-refractivity contribution in [2.24, 2.45) is 7.05 Å². The van der Waals surface area contributed by atoms with Gasteiger partial charge in [-0.2, -0.15) is 9.78 Å². The van der Waals surface area contributed by atoms with Gasteiger partial charge in [0.2, 0.25) is 0 Å². The summed E-state index contributed by atoms with van der Waals surface area (Å²) in [5.74, 6) is -0.0454. The highest BCUT2D eigenvalue weighted by Crippen LogP contribution is 2.26. The summed E-state index contributed by atoms with van der Waals surface area (Å²) in [4.78, 5) is 28.1. The van der Waals surface area contributed by atoms with Gasteiger partial charge in [-0.05, 0) is 12.1 Å². The van der Waals surface area contributed by atoms with Crippen molar-refractivity contribution in [3.63, 3.8) is 0 Å². The fourth-order valence-corrected chi connectivity index (χ4v) is 2.31. The molecule has 3 aromatic heterocycles. The molecule has 0 bridgehead atoms. The SMILES string of the molecule is CNc1ncc(-n2nc(C(=O)OC)ccc2=O)cc1-c1cnnn1C. The Morgan fingerprint density at radius 1 is 1.28 bits per heavy atom. The monoisotopic (exact) mass is 341 g/mol. The maximum absolute atomic E-state index is 12.2. The molecule has 10 heteroatoms. The van der Waals surface area contributed by atoms with Crippen LogP contribution in [0.2, 0.25) is 0 Å². The van der Waals surface area contributed by atoms with Crippen LogP contribution in [0.4, 0.5) is 5.82 Å². The van der Waals surface area contributed by atoms with Crippen molar-refractivity contribution < 1.29 is 9.53 Å². The molecule has 3 heterocycles. The van der Waals surface area contributed by atoms with E-state index in [9.17, 15) is 9.59 Å². The lowest BCUT2D eigenvalue weighted by molar-refractivity contribution is 0.0591. The number of rotatable bonds is 4. The zero-order chi connectivity index (χ0) is 18.0. The summed E-state index contributed by atoms with van der Waals surface area (Å²) < 4.78 is 7.31. The topological polar surface area (TPSA) is 117 Å². The first-order chi connectivity index (χ1) is 12.0. The summed E-state index contributed by atoms with van der Waals surface area (Å²) in [5, 5.41) is 14.8. The van der Waals surface area contributed by atoms with Crippen LogP contribution in [-0.4, -0.2) is 49.9 Å². The minimum atomic E-state index is -0.635. The van der Waals surface area contributed by atoms with Crippen LogP contribution in [0.25, 0.3) is 16.9 Å². The van der Waals surface area contributed by atoms with Crippen molar-refractivity contribution in [2.75, 3.05) is 19.5 Å². The molecule has 0 atom stereocenters. The van der Waals surface area contributed by atoms with Gasteiger partial charge in [-0.1, -0.05) is 5.21 Å². The highest BCUT2D eigenvalue weighted by Gasteiger charge is 2.15. The quantitative estimate of drug-likeness (QED) is 0.671. The molecule has 0 aliphatic rings. The highest BCUT2D eigenvalue weighted by molar-refractivity contribution is 5.86. The molecule has 25 heavy (non-hydrogen) atoms. The zero-order valence-electron chi connectivity index (χ0n) is 13.8. The lowest BCUT2D eigenvalue weighted by atomic mass is 10.2. The largest absolute Gasteiger partial charge is 0.464 e. The van der Waals surface area contributed by atoms with E-state index in [1.807, 2.05) is 0 Å². The summed E-state index contributed by atoms with van der Waals surface area (Å²) in [6, 6.07) is 4.27. The van der Waals surface area contributed by atoms with E-state index >= 15 is 0 Å². The van der Waals surface area contributed by atoms with Crippen LogP contribution in [0.15, 0.2) is 35.4 Å². The lowest BCUT2D eigenvalue weighted by Crippen LogP contribution is -2.23. The van der Waals surface area contributed by atoms with Crippen molar-refractivity contribution in [3.05, 3.63) is 46.6 Å². The summed E-state index contributed by atoms with van der Waals surface area (Å²) >= 11 is 0. The van der Waals surface area contributed by atoms with Gasteiger partial charge in [0.15, 0.2) is 5.69 Å². The minimum absolute atomic E-state index is 0.0172. The Balaban J connectivity index is 2.18. The molecule has 0 aliphatic carbocycles. The first-order valence-corrected chi connectivity index (χ1v) is 7.27. The number of ether oxygens (including phenoxy) is 1. The third-order valence-electron chi connectivity index (χ3n) is 3.54. The molecule has 0 fully saturated rings. The maximum Gasteiger partial charge on any atom is 0.358 e. The normalized spacial score (nSPS) is 10.5. The number of pyridine rings is 1. The van der Waals surface area contributed by atoms with Crippen LogP contribution >= 0.6 is 0 Å². The maximum atomic E-state index is 12.2. The van der Waals surface area contributed by atoms with E-state index in [0.717, 1.165) is 4.68 Å². The predicted octanol–water partition coefficient (Wildman–Crippen LogP) is 0.251. The van der Waals surface area contributed by atoms with E-state index in [0.29, 0.717) is 22.8 Å². The summed E-state index contributed by atoms with van der Waals surface area (Å²) in [6.45, 7) is 0. The standard InChI is InChI=1S/C15H15N7O3/c1-16-14-10(12-8-18-20-21(12)2)6-9(7-17-14)22-13(23)5-4-11(19-22)15(24)25-3/h4-8H,1-3H3,(H,16,17). The average molecular weight is 341 g/mol.